The SMILES string of the molecule is CC(=O)Oc1ccccc1/C=C/c1cccs1. The monoisotopic (exact) mass is 244 g/mol. The maximum atomic E-state index is 11.0. The van der Waals surface area contributed by atoms with E-state index in [-0.39, 0.29) is 5.97 Å². The summed E-state index contributed by atoms with van der Waals surface area (Å²) in [7, 11) is 0. The molecule has 0 aliphatic carbocycles. The van der Waals surface area contributed by atoms with Gasteiger partial charge in [0.25, 0.3) is 0 Å². The van der Waals surface area contributed by atoms with Crippen LogP contribution in [0.5, 0.6) is 5.75 Å². The molecule has 0 aliphatic heterocycles. The number of ether oxygens (including phenoxy) is 1. The molecule has 0 saturated heterocycles. The van der Waals surface area contributed by atoms with E-state index in [1.165, 1.54) is 11.8 Å². The van der Waals surface area contributed by atoms with Gasteiger partial charge in [-0.25, -0.2) is 0 Å². The second kappa shape index (κ2) is 5.46. The van der Waals surface area contributed by atoms with Gasteiger partial charge in [-0.2, -0.15) is 0 Å². The van der Waals surface area contributed by atoms with Crippen LogP contribution in [0.15, 0.2) is 41.8 Å². The second-order valence-corrected chi connectivity index (χ2v) is 4.46. The van der Waals surface area contributed by atoms with E-state index in [9.17, 15) is 4.79 Å². The zero-order valence-electron chi connectivity index (χ0n) is 9.42. The first-order chi connectivity index (χ1) is 8.25. The maximum Gasteiger partial charge on any atom is 0.308 e. The molecule has 3 heteroatoms. The molecule has 2 nitrogen and oxygen atoms in total. The zero-order valence-corrected chi connectivity index (χ0v) is 10.2. The average Bonchev–Trinajstić information content (AvgIpc) is 2.80. The van der Waals surface area contributed by atoms with Crippen molar-refractivity contribution in [3.05, 3.63) is 52.2 Å². The summed E-state index contributed by atoms with van der Waals surface area (Å²) in [5.41, 5.74) is 0.899. The van der Waals surface area contributed by atoms with Gasteiger partial charge in [-0.1, -0.05) is 24.3 Å². The van der Waals surface area contributed by atoms with Crippen LogP contribution in [0.25, 0.3) is 12.2 Å². The molecule has 0 spiro atoms. The standard InChI is InChI=1S/C14H12O2S/c1-11(15)16-14-7-3-2-5-12(14)8-9-13-6-4-10-17-13/h2-10H,1H3/b9-8+. The number of carbonyl (C=O) groups excluding carboxylic acids is 1. The van der Waals surface area contributed by atoms with Crippen LogP contribution in [0.3, 0.4) is 0 Å². The Labute approximate surface area is 104 Å². The number of benzene rings is 1. The maximum absolute atomic E-state index is 11.0. The molecule has 0 bridgehead atoms. The number of thiophene rings is 1. The Morgan fingerprint density at radius 1 is 1.18 bits per heavy atom. The average molecular weight is 244 g/mol. The lowest BCUT2D eigenvalue weighted by molar-refractivity contribution is -0.131. The lowest BCUT2D eigenvalue weighted by atomic mass is 10.2. The first-order valence-corrected chi connectivity index (χ1v) is 6.13. The molecular weight excluding hydrogens is 232 g/mol. The van der Waals surface area contributed by atoms with Crippen LogP contribution in [-0.4, -0.2) is 5.97 Å². The lowest BCUT2D eigenvalue weighted by Gasteiger charge is -2.04. The molecule has 2 aromatic rings. The Morgan fingerprint density at radius 2 is 2.00 bits per heavy atom. The molecule has 17 heavy (non-hydrogen) atoms. The predicted octanol–water partition coefficient (Wildman–Crippen LogP) is 3.84. The van der Waals surface area contributed by atoms with Crippen molar-refractivity contribution in [2.24, 2.45) is 0 Å². The van der Waals surface area contributed by atoms with E-state index in [0.717, 1.165) is 5.56 Å². The molecule has 1 aromatic carbocycles. The minimum Gasteiger partial charge on any atom is -0.426 e. The fourth-order valence-corrected chi connectivity index (χ4v) is 2.04. The molecule has 0 unspecified atom stereocenters. The number of hydrogen-bond donors (Lipinski definition) is 0. The Morgan fingerprint density at radius 3 is 2.71 bits per heavy atom. The zero-order chi connectivity index (χ0) is 12.1. The molecule has 86 valence electrons. The molecule has 0 radical (unpaired) electrons. The summed E-state index contributed by atoms with van der Waals surface area (Å²) in [6, 6.07) is 11.5. The van der Waals surface area contributed by atoms with Crippen LogP contribution in [0.1, 0.15) is 17.4 Å². The molecule has 0 N–H and O–H groups in total. The van der Waals surface area contributed by atoms with E-state index in [1.54, 1.807) is 17.4 Å². The molecule has 2 rings (SSSR count). The molecule has 1 aromatic heterocycles. The number of rotatable bonds is 3. The third-order valence-electron chi connectivity index (χ3n) is 2.14. The van der Waals surface area contributed by atoms with Gasteiger partial charge in [-0.15, -0.1) is 11.3 Å². The van der Waals surface area contributed by atoms with Crippen molar-refractivity contribution in [1.82, 2.24) is 0 Å². The van der Waals surface area contributed by atoms with Crippen molar-refractivity contribution < 1.29 is 9.53 Å². The minimum atomic E-state index is -0.304. The fourth-order valence-electron chi connectivity index (χ4n) is 1.42. The van der Waals surface area contributed by atoms with Gasteiger partial charge >= 0.3 is 5.97 Å². The molecule has 0 fully saturated rings. The van der Waals surface area contributed by atoms with Crippen molar-refractivity contribution in [2.75, 3.05) is 0 Å². The van der Waals surface area contributed by atoms with Crippen LogP contribution < -0.4 is 4.74 Å². The molecule has 0 aliphatic rings. The quantitative estimate of drug-likeness (QED) is 0.605. The highest BCUT2D eigenvalue weighted by atomic mass is 32.1. The van der Waals surface area contributed by atoms with Crippen molar-refractivity contribution in [3.8, 4) is 5.75 Å². The van der Waals surface area contributed by atoms with Crippen LogP contribution in [-0.2, 0) is 4.79 Å². The van der Waals surface area contributed by atoms with Crippen LogP contribution in [0.4, 0.5) is 0 Å². The second-order valence-electron chi connectivity index (χ2n) is 3.48. The summed E-state index contributed by atoms with van der Waals surface area (Å²) in [6.45, 7) is 1.40. The highest BCUT2D eigenvalue weighted by molar-refractivity contribution is 7.10. The Bertz CT molecular complexity index is 527. The fraction of sp³-hybridized carbons (Fsp3) is 0.0714. The smallest absolute Gasteiger partial charge is 0.308 e. The van der Waals surface area contributed by atoms with E-state index >= 15 is 0 Å². The molecular formula is C14H12O2S. The van der Waals surface area contributed by atoms with Crippen molar-refractivity contribution in [1.29, 1.82) is 0 Å². The predicted molar refractivity (Wildman–Crippen MR) is 71.0 cm³/mol. The lowest BCUT2D eigenvalue weighted by Crippen LogP contribution is -2.02. The highest BCUT2D eigenvalue weighted by Crippen LogP contribution is 2.21. The molecule has 0 atom stereocenters. The number of hydrogen-bond acceptors (Lipinski definition) is 3. The van der Waals surface area contributed by atoms with Gasteiger partial charge < -0.3 is 4.74 Å². The van der Waals surface area contributed by atoms with Crippen molar-refractivity contribution in [2.45, 2.75) is 6.92 Å². The Hall–Kier alpha value is -1.87. The van der Waals surface area contributed by atoms with E-state index < -0.39 is 0 Å². The third-order valence-corrected chi connectivity index (χ3v) is 2.98. The van der Waals surface area contributed by atoms with E-state index in [1.807, 2.05) is 47.9 Å². The normalized spacial score (nSPS) is 10.6. The van der Waals surface area contributed by atoms with Crippen LogP contribution >= 0.6 is 11.3 Å². The van der Waals surface area contributed by atoms with Crippen molar-refractivity contribution >= 4 is 29.5 Å². The summed E-state index contributed by atoms with van der Waals surface area (Å²) in [6.07, 6.45) is 3.96. The van der Waals surface area contributed by atoms with Crippen molar-refractivity contribution in [3.63, 3.8) is 0 Å². The highest BCUT2D eigenvalue weighted by Gasteiger charge is 2.02. The van der Waals surface area contributed by atoms with Gasteiger partial charge in [0.05, 0.1) is 0 Å². The number of para-hydroxylation sites is 1. The van der Waals surface area contributed by atoms with Crippen LogP contribution in [0.2, 0.25) is 0 Å². The van der Waals surface area contributed by atoms with Gasteiger partial charge in [0, 0.05) is 17.4 Å². The van der Waals surface area contributed by atoms with Gasteiger partial charge in [0.1, 0.15) is 5.75 Å². The summed E-state index contributed by atoms with van der Waals surface area (Å²) >= 11 is 1.67. The van der Waals surface area contributed by atoms with E-state index in [4.69, 9.17) is 4.74 Å². The topological polar surface area (TPSA) is 26.3 Å². The molecule has 0 amide bonds. The first-order valence-electron chi connectivity index (χ1n) is 5.25. The van der Waals surface area contributed by atoms with Gasteiger partial charge in [-0.05, 0) is 29.7 Å². The summed E-state index contributed by atoms with van der Waals surface area (Å²) in [5.74, 6) is 0.287. The van der Waals surface area contributed by atoms with Gasteiger partial charge in [0.2, 0.25) is 0 Å². The van der Waals surface area contributed by atoms with E-state index in [0.29, 0.717) is 5.75 Å². The van der Waals surface area contributed by atoms with E-state index in [2.05, 4.69) is 0 Å². The summed E-state index contributed by atoms with van der Waals surface area (Å²) in [4.78, 5) is 12.1. The number of esters is 1. The third kappa shape index (κ3) is 3.29. The Balaban J connectivity index is 2.23. The van der Waals surface area contributed by atoms with Crippen LogP contribution in [0, 0.1) is 0 Å². The van der Waals surface area contributed by atoms with Gasteiger partial charge in [0.15, 0.2) is 0 Å². The minimum absolute atomic E-state index is 0.304. The van der Waals surface area contributed by atoms with Gasteiger partial charge in [-0.3, -0.25) is 4.79 Å². The summed E-state index contributed by atoms with van der Waals surface area (Å²) < 4.78 is 5.13. The Kier molecular flexibility index (Phi) is 3.73. The molecule has 0 saturated carbocycles. The summed E-state index contributed by atoms with van der Waals surface area (Å²) in [5, 5.41) is 2.03. The molecule has 1 heterocycles. The number of carbonyl (C=O) groups is 1. The first kappa shape index (κ1) is 11.6. The largest absolute Gasteiger partial charge is 0.426 e.